The molecule has 0 radical (unpaired) electrons. The van der Waals surface area contributed by atoms with E-state index in [1.807, 2.05) is 24.6 Å². The molecular weight excluding hydrogens is 348 g/mol. The van der Waals surface area contributed by atoms with Gasteiger partial charge in [0, 0.05) is 30.3 Å². The van der Waals surface area contributed by atoms with Crippen molar-refractivity contribution in [2.45, 2.75) is 64.6 Å². The lowest BCUT2D eigenvalue weighted by molar-refractivity contribution is -0.0525. The Hall–Kier alpha value is -2.42. The van der Waals surface area contributed by atoms with Crippen LogP contribution in [0.5, 0.6) is 0 Å². The minimum atomic E-state index is -0.410. The summed E-state index contributed by atoms with van der Waals surface area (Å²) in [5.41, 5.74) is 0.998. The number of nitrogens with zero attached hydrogens (tertiary/aromatic N) is 5. The van der Waals surface area contributed by atoms with E-state index < -0.39 is 6.04 Å². The summed E-state index contributed by atoms with van der Waals surface area (Å²) in [6, 6.07) is 1.45. The Morgan fingerprint density at radius 3 is 2.81 bits per heavy atom. The number of ether oxygens (including phenoxy) is 1. The van der Waals surface area contributed by atoms with Gasteiger partial charge in [-0.05, 0) is 40.5 Å². The third-order valence-corrected chi connectivity index (χ3v) is 5.05. The van der Waals surface area contributed by atoms with Crippen LogP contribution < -0.4 is 5.32 Å². The maximum Gasteiger partial charge on any atom is 0.323 e. The van der Waals surface area contributed by atoms with Gasteiger partial charge in [-0.15, -0.1) is 0 Å². The molecule has 4 rings (SSSR count). The topological polar surface area (TPSA) is 98.3 Å². The van der Waals surface area contributed by atoms with Crippen molar-refractivity contribution in [1.82, 2.24) is 24.8 Å². The van der Waals surface area contributed by atoms with Crippen LogP contribution in [0.15, 0.2) is 10.6 Å². The van der Waals surface area contributed by atoms with E-state index in [-0.39, 0.29) is 18.2 Å². The first-order chi connectivity index (χ1) is 12.9. The minimum Gasteiger partial charge on any atom is -0.374 e. The van der Waals surface area contributed by atoms with Crippen molar-refractivity contribution < 1.29 is 14.1 Å². The summed E-state index contributed by atoms with van der Waals surface area (Å²) in [5, 5.41) is 11.5. The molecular formula is C18H26N6O3. The number of carbonyl (C=O) groups is 1. The zero-order valence-corrected chi connectivity index (χ0v) is 16.2. The average Bonchev–Trinajstić information content (AvgIpc) is 3.24. The summed E-state index contributed by atoms with van der Waals surface area (Å²) in [6.45, 7) is 8.92. The lowest BCUT2D eigenvalue weighted by Crippen LogP contribution is -2.49. The molecule has 146 valence electrons. The quantitative estimate of drug-likeness (QED) is 0.883. The van der Waals surface area contributed by atoms with Gasteiger partial charge in [-0.1, -0.05) is 5.16 Å². The van der Waals surface area contributed by atoms with E-state index in [1.54, 1.807) is 4.90 Å². The fourth-order valence-corrected chi connectivity index (χ4v) is 3.51. The predicted molar refractivity (Wildman–Crippen MR) is 97.5 cm³/mol. The van der Waals surface area contributed by atoms with Crippen molar-refractivity contribution in [2.24, 2.45) is 0 Å². The third kappa shape index (κ3) is 3.55. The summed E-state index contributed by atoms with van der Waals surface area (Å²) >= 11 is 0. The van der Waals surface area contributed by atoms with Gasteiger partial charge in [-0.25, -0.2) is 4.79 Å². The monoisotopic (exact) mass is 374 g/mol. The van der Waals surface area contributed by atoms with E-state index >= 15 is 0 Å². The Morgan fingerprint density at radius 1 is 1.37 bits per heavy atom. The predicted octanol–water partition coefficient (Wildman–Crippen LogP) is 3.03. The smallest absolute Gasteiger partial charge is 0.323 e. The maximum absolute atomic E-state index is 13.0. The van der Waals surface area contributed by atoms with Crippen LogP contribution in [0.4, 0.5) is 10.6 Å². The number of nitrogens with one attached hydrogen (secondary N) is 1. The van der Waals surface area contributed by atoms with E-state index in [0.29, 0.717) is 30.8 Å². The van der Waals surface area contributed by atoms with Gasteiger partial charge in [0.15, 0.2) is 11.6 Å². The molecule has 1 N–H and O–H groups in total. The van der Waals surface area contributed by atoms with Crippen LogP contribution in [0.25, 0.3) is 0 Å². The first-order valence-electron chi connectivity index (χ1n) is 9.53. The molecule has 3 heterocycles. The fourth-order valence-electron chi connectivity index (χ4n) is 3.51. The molecule has 1 aliphatic carbocycles. The van der Waals surface area contributed by atoms with Crippen LogP contribution in [-0.2, 0) is 4.74 Å². The number of hydrogen-bond acceptors (Lipinski definition) is 6. The van der Waals surface area contributed by atoms with Gasteiger partial charge in [0.1, 0.15) is 6.04 Å². The second-order valence-corrected chi connectivity index (χ2v) is 7.62. The first-order valence-corrected chi connectivity index (χ1v) is 9.53. The number of amides is 2. The van der Waals surface area contributed by atoms with Gasteiger partial charge in [0.25, 0.3) is 5.89 Å². The molecule has 2 aliphatic rings. The molecule has 1 saturated heterocycles. The molecule has 0 bridgehead atoms. The second-order valence-electron chi connectivity index (χ2n) is 7.62. The van der Waals surface area contributed by atoms with Crippen molar-refractivity contribution in [3.05, 3.63) is 23.5 Å². The van der Waals surface area contributed by atoms with Gasteiger partial charge in [0.2, 0.25) is 0 Å². The Labute approximate surface area is 158 Å². The molecule has 9 nitrogen and oxygen atoms in total. The molecule has 0 spiro atoms. The van der Waals surface area contributed by atoms with Crippen LogP contribution >= 0.6 is 0 Å². The molecule has 2 aromatic rings. The van der Waals surface area contributed by atoms with Crippen molar-refractivity contribution in [2.75, 3.05) is 18.5 Å². The number of aryl methyl sites for hydroxylation is 1. The van der Waals surface area contributed by atoms with Crippen LogP contribution in [0.1, 0.15) is 69.0 Å². The fraction of sp³-hybridized carbons (Fsp3) is 0.667. The Morgan fingerprint density at radius 2 is 2.15 bits per heavy atom. The SMILES string of the molecule is Cc1cc(NC(=O)N2CCO[C@H](C)[C@H]2c2nc(C3CC3)no2)nn1C(C)C. The maximum atomic E-state index is 13.0. The van der Waals surface area contributed by atoms with Crippen molar-refractivity contribution in [1.29, 1.82) is 0 Å². The third-order valence-electron chi connectivity index (χ3n) is 5.05. The molecule has 2 aromatic heterocycles. The number of urea groups is 1. The summed E-state index contributed by atoms with van der Waals surface area (Å²) in [5.74, 6) is 2.10. The van der Waals surface area contributed by atoms with Gasteiger partial charge >= 0.3 is 6.03 Å². The molecule has 9 heteroatoms. The summed E-state index contributed by atoms with van der Waals surface area (Å²) < 4.78 is 13.1. The highest BCUT2D eigenvalue weighted by Gasteiger charge is 2.39. The van der Waals surface area contributed by atoms with Gasteiger partial charge in [-0.3, -0.25) is 10.00 Å². The highest BCUT2D eigenvalue weighted by atomic mass is 16.5. The Balaban J connectivity index is 1.53. The zero-order chi connectivity index (χ0) is 19.1. The standard InChI is InChI=1S/C18H26N6O3/c1-10(2)24-11(3)9-14(21-24)19-18(25)23-7-8-26-12(4)15(23)17-20-16(22-27-17)13-5-6-13/h9-10,12-13,15H,5-8H2,1-4H3,(H,19,21,25)/t12-,15+/m1/s1. The van der Waals surface area contributed by atoms with Crippen molar-refractivity contribution in [3.63, 3.8) is 0 Å². The number of carbonyl (C=O) groups excluding carboxylic acids is 1. The van der Waals surface area contributed by atoms with Crippen LogP contribution in [0, 0.1) is 6.92 Å². The summed E-state index contributed by atoms with van der Waals surface area (Å²) in [6.07, 6.45) is 1.96. The normalized spacial score (nSPS) is 23.1. The van der Waals surface area contributed by atoms with Crippen molar-refractivity contribution in [3.8, 4) is 0 Å². The van der Waals surface area contributed by atoms with Gasteiger partial charge in [0.05, 0.1) is 12.7 Å². The van der Waals surface area contributed by atoms with Crippen LogP contribution in [0.2, 0.25) is 0 Å². The first kappa shape index (κ1) is 18.0. The number of aromatic nitrogens is 4. The van der Waals surface area contributed by atoms with Crippen molar-refractivity contribution >= 4 is 11.8 Å². The number of hydrogen-bond donors (Lipinski definition) is 1. The number of morpholine rings is 1. The lowest BCUT2D eigenvalue weighted by Gasteiger charge is -2.37. The Bertz CT molecular complexity index is 825. The molecule has 27 heavy (non-hydrogen) atoms. The molecule has 1 aliphatic heterocycles. The summed E-state index contributed by atoms with van der Waals surface area (Å²) in [4.78, 5) is 19.2. The minimum absolute atomic E-state index is 0.228. The van der Waals surface area contributed by atoms with E-state index in [2.05, 4.69) is 34.4 Å². The van der Waals surface area contributed by atoms with E-state index in [1.165, 1.54) is 0 Å². The molecule has 2 atom stereocenters. The molecule has 0 aromatic carbocycles. The van der Waals surface area contributed by atoms with Gasteiger partial charge in [-0.2, -0.15) is 10.1 Å². The summed E-state index contributed by atoms with van der Waals surface area (Å²) in [7, 11) is 0. The largest absolute Gasteiger partial charge is 0.374 e. The number of rotatable bonds is 4. The average molecular weight is 374 g/mol. The lowest BCUT2D eigenvalue weighted by atomic mass is 10.1. The van der Waals surface area contributed by atoms with E-state index in [9.17, 15) is 4.79 Å². The van der Waals surface area contributed by atoms with E-state index in [4.69, 9.17) is 9.26 Å². The number of anilines is 1. The molecule has 0 unspecified atom stereocenters. The van der Waals surface area contributed by atoms with Crippen LogP contribution in [-0.4, -0.2) is 50.1 Å². The highest BCUT2D eigenvalue weighted by Crippen LogP contribution is 2.39. The molecule has 1 saturated carbocycles. The Kier molecular flexibility index (Phi) is 4.63. The van der Waals surface area contributed by atoms with Gasteiger partial charge < -0.3 is 14.2 Å². The van der Waals surface area contributed by atoms with E-state index in [0.717, 1.165) is 24.4 Å². The van der Waals surface area contributed by atoms with Crippen LogP contribution in [0.3, 0.4) is 0 Å². The molecule has 2 amide bonds. The second kappa shape index (κ2) is 6.95. The molecule has 2 fully saturated rings. The highest BCUT2D eigenvalue weighted by molar-refractivity contribution is 5.88. The zero-order valence-electron chi connectivity index (χ0n) is 16.2.